The minimum absolute atomic E-state index is 0.0140. The lowest BCUT2D eigenvalue weighted by Crippen LogP contribution is -2.36. The van der Waals surface area contributed by atoms with E-state index >= 15 is 0 Å². The Kier molecular flexibility index (Phi) is 5.23. The number of rotatable bonds is 6. The van der Waals surface area contributed by atoms with Crippen LogP contribution in [0.15, 0.2) is 11.1 Å². The van der Waals surface area contributed by atoms with E-state index in [0.29, 0.717) is 6.54 Å². The number of aliphatic hydroxyl groups excluding tert-OH is 1. The van der Waals surface area contributed by atoms with Crippen LogP contribution in [0.4, 0.5) is 5.82 Å². The van der Waals surface area contributed by atoms with Gasteiger partial charge in [0.1, 0.15) is 4.90 Å². The summed E-state index contributed by atoms with van der Waals surface area (Å²) in [5.41, 5.74) is 5.69. The molecule has 2 unspecified atom stereocenters. The Morgan fingerprint density at radius 2 is 2.19 bits per heavy atom. The monoisotopic (exact) mass is 316 g/mol. The van der Waals surface area contributed by atoms with Crippen LogP contribution in [0, 0.1) is 5.92 Å². The van der Waals surface area contributed by atoms with Gasteiger partial charge in [0.15, 0.2) is 5.82 Å². The second kappa shape index (κ2) is 6.76. The predicted molar refractivity (Wildman–Crippen MR) is 80.1 cm³/mol. The van der Waals surface area contributed by atoms with E-state index in [2.05, 4.69) is 9.82 Å². The van der Waals surface area contributed by atoms with Crippen molar-refractivity contribution in [1.82, 2.24) is 14.5 Å². The molecule has 0 aliphatic heterocycles. The lowest BCUT2D eigenvalue weighted by atomic mass is 9.87. The Hall–Kier alpha value is -1.12. The molecule has 0 bridgehead atoms. The Balaban J connectivity index is 2.04. The van der Waals surface area contributed by atoms with Gasteiger partial charge < -0.3 is 10.8 Å². The number of anilines is 1. The maximum atomic E-state index is 12.3. The Bertz CT molecular complexity index is 570. The highest BCUT2D eigenvalue weighted by molar-refractivity contribution is 7.89. The van der Waals surface area contributed by atoms with Crippen molar-refractivity contribution < 1.29 is 13.5 Å². The van der Waals surface area contributed by atoms with Gasteiger partial charge in [-0.3, -0.25) is 4.68 Å². The molecule has 120 valence electrons. The van der Waals surface area contributed by atoms with Gasteiger partial charge >= 0.3 is 0 Å². The van der Waals surface area contributed by atoms with Crippen molar-refractivity contribution in [2.75, 3.05) is 12.3 Å². The molecule has 7 nitrogen and oxygen atoms in total. The van der Waals surface area contributed by atoms with Crippen LogP contribution < -0.4 is 10.5 Å². The predicted octanol–water partition coefficient (Wildman–Crippen LogP) is 0.705. The quantitative estimate of drug-likeness (QED) is 0.715. The molecular formula is C13H24N4O3S. The number of aliphatic hydroxyl groups is 1. The summed E-state index contributed by atoms with van der Waals surface area (Å²) in [4.78, 5) is 0.0150. The van der Waals surface area contributed by atoms with Crippen molar-refractivity contribution in [3.8, 4) is 0 Å². The molecule has 1 fully saturated rings. The fourth-order valence-corrected chi connectivity index (χ4v) is 3.85. The summed E-state index contributed by atoms with van der Waals surface area (Å²) in [6.45, 7) is 2.84. The summed E-state index contributed by atoms with van der Waals surface area (Å²) in [5, 5.41) is 13.9. The first-order valence-electron chi connectivity index (χ1n) is 7.44. The lowest BCUT2D eigenvalue weighted by Gasteiger charge is -2.27. The summed E-state index contributed by atoms with van der Waals surface area (Å²) in [7, 11) is -3.68. The van der Waals surface area contributed by atoms with Crippen molar-refractivity contribution in [1.29, 1.82) is 0 Å². The van der Waals surface area contributed by atoms with Gasteiger partial charge in [0.25, 0.3) is 0 Å². The van der Waals surface area contributed by atoms with Gasteiger partial charge in [0, 0.05) is 19.3 Å². The molecule has 2 atom stereocenters. The molecule has 1 aromatic heterocycles. The van der Waals surface area contributed by atoms with Crippen molar-refractivity contribution >= 4 is 15.8 Å². The standard InChI is InChI=1S/C13H24N4O3S/c1-2-7-17-9-12(13(14)16-17)21(19,20)15-8-10-5-3-4-6-11(10)18/h9-11,15,18H,2-8H2,1H3,(H2,14,16). The van der Waals surface area contributed by atoms with Crippen LogP contribution in [-0.4, -0.2) is 36.0 Å². The van der Waals surface area contributed by atoms with E-state index in [1.165, 1.54) is 6.20 Å². The molecule has 1 aliphatic rings. The Morgan fingerprint density at radius 1 is 1.48 bits per heavy atom. The minimum Gasteiger partial charge on any atom is -0.393 e. The SMILES string of the molecule is CCCn1cc(S(=O)(=O)NCC2CCCCC2O)c(N)n1. The van der Waals surface area contributed by atoms with Crippen LogP contribution in [0.3, 0.4) is 0 Å². The Labute approximate surface area is 125 Å². The molecule has 0 radical (unpaired) electrons. The number of aromatic nitrogens is 2. The van der Waals surface area contributed by atoms with Gasteiger partial charge in [-0.15, -0.1) is 0 Å². The lowest BCUT2D eigenvalue weighted by molar-refractivity contribution is 0.0724. The first-order chi connectivity index (χ1) is 9.94. The summed E-state index contributed by atoms with van der Waals surface area (Å²) in [5.74, 6) is -0.0134. The van der Waals surface area contributed by atoms with Gasteiger partial charge in [0.2, 0.25) is 10.0 Å². The van der Waals surface area contributed by atoms with Crippen LogP contribution in [0.2, 0.25) is 0 Å². The number of aryl methyl sites for hydroxylation is 1. The van der Waals surface area contributed by atoms with E-state index < -0.39 is 16.1 Å². The highest BCUT2D eigenvalue weighted by atomic mass is 32.2. The topological polar surface area (TPSA) is 110 Å². The molecule has 0 spiro atoms. The highest BCUT2D eigenvalue weighted by Crippen LogP contribution is 2.24. The second-order valence-electron chi connectivity index (χ2n) is 5.61. The summed E-state index contributed by atoms with van der Waals surface area (Å²) >= 11 is 0. The minimum atomic E-state index is -3.68. The zero-order chi connectivity index (χ0) is 15.5. The van der Waals surface area contributed by atoms with Crippen LogP contribution in [0.5, 0.6) is 0 Å². The van der Waals surface area contributed by atoms with Crippen LogP contribution in [0.1, 0.15) is 39.0 Å². The number of nitrogens with two attached hydrogens (primary N) is 1. The first-order valence-corrected chi connectivity index (χ1v) is 8.93. The van der Waals surface area contributed by atoms with Gasteiger partial charge in [0.05, 0.1) is 6.10 Å². The average Bonchev–Trinajstić information content (AvgIpc) is 2.80. The number of hydrogen-bond acceptors (Lipinski definition) is 5. The molecule has 8 heteroatoms. The third-order valence-electron chi connectivity index (χ3n) is 3.90. The maximum Gasteiger partial charge on any atom is 0.245 e. The fourth-order valence-electron chi connectivity index (χ4n) is 2.69. The van der Waals surface area contributed by atoms with Gasteiger partial charge in [-0.25, -0.2) is 13.1 Å². The normalized spacial score (nSPS) is 23.3. The molecule has 1 heterocycles. The van der Waals surface area contributed by atoms with Gasteiger partial charge in [-0.2, -0.15) is 5.10 Å². The van der Waals surface area contributed by atoms with Crippen LogP contribution in [-0.2, 0) is 16.6 Å². The van der Waals surface area contributed by atoms with E-state index in [-0.39, 0.29) is 23.2 Å². The van der Waals surface area contributed by atoms with E-state index in [4.69, 9.17) is 5.73 Å². The van der Waals surface area contributed by atoms with Crippen molar-refractivity contribution in [2.45, 2.75) is 56.6 Å². The third kappa shape index (κ3) is 3.96. The molecule has 0 saturated heterocycles. The molecule has 2 rings (SSSR count). The van der Waals surface area contributed by atoms with Crippen LogP contribution in [0.25, 0.3) is 0 Å². The van der Waals surface area contributed by atoms with Crippen LogP contribution >= 0.6 is 0 Å². The first kappa shape index (κ1) is 16.3. The van der Waals surface area contributed by atoms with Gasteiger partial charge in [-0.1, -0.05) is 19.8 Å². The van der Waals surface area contributed by atoms with Crippen molar-refractivity contribution in [2.24, 2.45) is 5.92 Å². The molecule has 1 aromatic rings. The highest BCUT2D eigenvalue weighted by Gasteiger charge is 2.27. The zero-order valence-corrected chi connectivity index (χ0v) is 13.1. The number of nitrogen functional groups attached to an aromatic ring is 1. The zero-order valence-electron chi connectivity index (χ0n) is 12.3. The molecule has 1 aliphatic carbocycles. The number of sulfonamides is 1. The second-order valence-corrected chi connectivity index (χ2v) is 7.34. The third-order valence-corrected chi connectivity index (χ3v) is 5.34. The molecule has 4 N–H and O–H groups in total. The summed E-state index contributed by atoms with van der Waals surface area (Å²) < 4.78 is 28.7. The molecular weight excluding hydrogens is 292 g/mol. The van der Waals surface area contributed by atoms with E-state index in [0.717, 1.165) is 32.1 Å². The number of nitrogens with one attached hydrogen (secondary N) is 1. The van der Waals surface area contributed by atoms with Crippen molar-refractivity contribution in [3.63, 3.8) is 0 Å². The molecule has 0 amide bonds. The van der Waals surface area contributed by atoms with E-state index in [9.17, 15) is 13.5 Å². The molecule has 0 aromatic carbocycles. The van der Waals surface area contributed by atoms with E-state index in [1.807, 2.05) is 6.92 Å². The largest absolute Gasteiger partial charge is 0.393 e. The summed E-state index contributed by atoms with van der Waals surface area (Å²) in [6, 6.07) is 0. The van der Waals surface area contributed by atoms with Gasteiger partial charge in [-0.05, 0) is 25.2 Å². The maximum absolute atomic E-state index is 12.3. The summed E-state index contributed by atoms with van der Waals surface area (Å²) in [6.07, 6.45) is 5.49. The average molecular weight is 316 g/mol. The molecule has 1 saturated carbocycles. The van der Waals surface area contributed by atoms with E-state index in [1.54, 1.807) is 4.68 Å². The molecule has 21 heavy (non-hydrogen) atoms. The number of hydrogen-bond donors (Lipinski definition) is 3. The smallest absolute Gasteiger partial charge is 0.245 e. The Morgan fingerprint density at radius 3 is 2.86 bits per heavy atom. The van der Waals surface area contributed by atoms with Crippen molar-refractivity contribution in [3.05, 3.63) is 6.20 Å². The fraction of sp³-hybridized carbons (Fsp3) is 0.769. The number of nitrogens with zero attached hydrogens (tertiary/aromatic N) is 2.